The highest BCUT2D eigenvalue weighted by molar-refractivity contribution is 7.89. The molecular weight excluding hydrogens is 274 g/mol. The molecule has 114 valence electrons. The van der Waals surface area contributed by atoms with Gasteiger partial charge < -0.3 is 10.6 Å². The van der Waals surface area contributed by atoms with E-state index in [9.17, 15) is 8.42 Å². The molecule has 0 bridgehead atoms. The van der Waals surface area contributed by atoms with Crippen LogP contribution in [0.1, 0.15) is 20.8 Å². The van der Waals surface area contributed by atoms with Crippen molar-refractivity contribution in [1.82, 2.24) is 4.72 Å². The second kappa shape index (κ2) is 6.56. The van der Waals surface area contributed by atoms with Crippen molar-refractivity contribution in [3.8, 4) is 0 Å². The number of nitrogens with zero attached hydrogens (tertiary/aromatic N) is 1. The van der Waals surface area contributed by atoms with Gasteiger partial charge in [-0.05, 0) is 38.1 Å². The molecule has 1 rings (SSSR count). The lowest BCUT2D eigenvalue weighted by molar-refractivity contribution is 0.379. The molecule has 0 saturated heterocycles. The normalized spacial score (nSPS) is 12.4. The van der Waals surface area contributed by atoms with Gasteiger partial charge in [-0.1, -0.05) is 26.0 Å². The van der Waals surface area contributed by atoms with Crippen LogP contribution in [-0.4, -0.2) is 35.1 Å². The highest BCUT2D eigenvalue weighted by atomic mass is 32.2. The Bertz CT molecular complexity index is 541. The van der Waals surface area contributed by atoms with Gasteiger partial charge in [-0.2, -0.15) is 0 Å². The topological polar surface area (TPSA) is 75.4 Å². The fourth-order valence-electron chi connectivity index (χ4n) is 2.00. The van der Waals surface area contributed by atoms with Crippen LogP contribution in [-0.2, 0) is 10.0 Å². The van der Waals surface area contributed by atoms with Crippen molar-refractivity contribution in [1.29, 1.82) is 0 Å². The van der Waals surface area contributed by atoms with Gasteiger partial charge >= 0.3 is 0 Å². The molecule has 0 saturated carbocycles. The van der Waals surface area contributed by atoms with E-state index >= 15 is 0 Å². The molecule has 6 heteroatoms. The Labute approximate surface area is 122 Å². The zero-order valence-electron chi connectivity index (χ0n) is 12.7. The number of nitrogens with two attached hydrogens (primary N) is 1. The summed E-state index contributed by atoms with van der Waals surface area (Å²) in [7, 11) is -2.05. The Morgan fingerprint density at radius 2 is 1.90 bits per heavy atom. The van der Waals surface area contributed by atoms with Gasteiger partial charge in [-0.15, -0.1) is 0 Å². The van der Waals surface area contributed by atoms with E-state index in [1.165, 1.54) is 7.05 Å². The van der Waals surface area contributed by atoms with Crippen molar-refractivity contribution in [2.75, 3.05) is 31.6 Å². The van der Waals surface area contributed by atoms with Gasteiger partial charge in [0.05, 0.1) is 5.69 Å². The number of benzene rings is 1. The fourth-order valence-corrected chi connectivity index (χ4v) is 2.95. The molecule has 0 spiro atoms. The standard InChI is InChI=1S/C14H25N3O2S/c1-5-17(11-14(2,3)10-15)12-8-6-7-9-13(12)20(18,19)16-4/h6-9,16H,5,10-11,15H2,1-4H3. The van der Waals surface area contributed by atoms with Crippen molar-refractivity contribution in [2.45, 2.75) is 25.7 Å². The van der Waals surface area contributed by atoms with Gasteiger partial charge in [0.1, 0.15) is 4.90 Å². The molecule has 0 aromatic heterocycles. The Hall–Kier alpha value is -1.11. The molecule has 0 unspecified atom stereocenters. The third-order valence-corrected chi connectivity index (χ3v) is 4.78. The van der Waals surface area contributed by atoms with Gasteiger partial charge in [0.25, 0.3) is 0 Å². The lowest BCUT2D eigenvalue weighted by Gasteiger charge is -2.33. The van der Waals surface area contributed by atoms with Crippen LogP contribution in [0.3, 0.4) is 0 Å². The van der Waals surface area contributed by atoms with Crippen LogP contribution in [0.2, 0.25) is 0 Å². The summed E-state index contributed by atoms with van der Waals surface area (Å²) in [5.74, 6) is 0. The van der Waals surface area contributed by atoms with Crippen molar-refractivity contribution in [2.24, 2.45) is 11.1 Å². The summed E-state index contributed by atoms with van der Waals surface area (Å²) < 4.78 is 26.6. The first-order valence-corrected chi connectivity index (χ1v) is 8.23. The molecule has 0 fully saturated rings. The molecule has 3 N–H and O–H groups in total. The first-order chi connectivity index (χ1) is 9.27. The number of hydrogen-bond donors (Lipinski definition) is 2. The minimum atomic E-state index is -3.47. The zero-order chi connectivity index (χ0) is 15.4. The second-order valence-corrected chi connectivity index (χ2v) is 7.41. The lowest BCUT2D eigenvalue weighted by atomic mass is 9.93. The van der Waals surface area contributed by atoms with Crippen LogP contribution in [0.25, 0.3) is 0 Å². The average Bonchev–Trinajstić information content (AvgIpc) is 2.45. The number of rotatable bonds is 7. The monoisotopic (exact) mass is 299 g/mol. The summed E-state index contributed by atoms with van der Waals surface area (Å²) in [6.07, 6.45) is 0. The summed E-state index contributed by atoms with van der Waals surface area (Å²) in [5.41, 5.74) is 6.42. The molecule has 0 heterocycles. The van der Waals surface area contributed by atoms with Crippen molar-refractivity contribution >= 4 is 15.7 Å². The fraction of sp³-hybridized carbons (Fsp3) is 0.571. The van der Waals surface area contributed by atoms with E-state index in [2.05, 4.69) is 23.5 Å². The van der Waals surface area contributed by atoms with Gasteiger partial charge in [0.2, 0.25) is 10.0 Å². The highest BCUT2D eigenvalue weighted by Crippen LogP contribution is 2.27. The van der Waals surface area contributed by atoms with Crippen LogP contribution in [0.4, 0.5) is 5.69 Å². The minimum Gasteiger partial charge on any atom is -0.370 e. The third-order valence-electron chi connectivity index (χ3n) is 3.32. The zero-order valence-corrected chi connectivity index (χ0v) is 13.5. The van der Waals surface area contributed by atoms with Crippen molar-refractivity contribution in [3.05, 3.63) is 24.3 Å². The van der Waals surface area contributed by atoms with Crippen molar-refractivity contribution < 1.29 is 8.42 Å². The molecule has 20 heavy (non-hydrogen) atoms. The summed E-state index contributed by atoms with van der Waals surface area (Å²) in [6.45, 7) is 8.13. The van der Waals surface area contributed by atoms with Crippen LogP contribution in [0.5, 0.6) is 0 Å². The van der Waals surface area contributed by atoms with E-state index in [-0.39, 0.29) is 5.41 Å². The van der Waals surface area contributed by atoms with E-state index in [1.54, 1.807) is 12.1 Å². The predicted octanol–water partition coefficient (Wildman–Crippen LogP) is 1.41. The summed E-state index contributed by atoms with van der Waals surface area (Å²) in [4.78, 5) is 2.36. The van der Waals surface area contributed by atoms with E-state index in [1.807, 2.05) is 19.1 Å². The Morgan fingerprint density at radius 3 is 2.40 bits per heavy atom. The molecule has 0 aliphatic carbocycles. The number of sulfonamides is 1. The second-order valence-electron chi connectivity index (χ2n) is 5.56. The van der Waals surface area contributed by atoms with Gasteiger partial charge in [-0.25, -0.2) is 13.1 Å². The number of nitrogens with one attached hydrogen (secondary N) is 1. The number of anilines is 1. The Morgan fingerprint density at radius 1 is 1.30 bits per heavy atom. The SMILES string of the molecule is CCN(CC(C)(C)CN)c1ccccc1S(=O)(=O)NC. The molecule has 0 radical (unpaired) electrons. The Balaban J connectivity index is 3.24. The summed E-state index contributed by atoms with van der Waals surface area (Å²) >= 11 is 0. The summed E-state index contributed by atoms with van der Waals surface area (Å²) in [5, 5.41) is 0. The Kier molecular flexibility index (Phi) is 5.56. The minimum absolute atomic E-state index is 0.0769. The quantitative estimate of drug-likeness (QED) is 0.798. The lowest BCUT2D eigenvalue weighted by Crippen LogP contribution is -2.39. The van der Waals surface area contributed by atoms with Crippen molar-refractivity contribution in [3.63, 3.8) is 0 Å². The van der Waals surface area contributed by atoms with Crippen LogP contribution >= 0.6 is 0 Å². The van der Waals surface area contributed by atoms with E-state index < -0.39 is 10.0 Å². The van der Waals surface area contributed by atoms with E-state index in [0.29, 0.717) is 23.7 Å². The first-order valence-electron chi connectivity index (χ1n) is 6.75. The molecule has 0 aliphatic rings. The van der Waals surface area contributed by atoms with Crippen LogP contribution < -0.4 is 15.4 Å². The molecule has 5 nitrogen and oxygen atoms in total. The molecule has 0 aliphatic heterocycles. The molecule has 1 aromatic carbocycles. The maximum Gasteiger partial charge on any atom is 0.242 e. The predicted molar refractivity (Wildman–Crippen MR) is 83.4 cm³/mol. The maximum atomic E-state index is 12.1. The van der Waals surface area contributed by atoms with Crippen LogP contribution in [0.15, 0.2) is 29.2 Å². The molecule has 0 amide bonds. The molecule has 1 aromatic rings. The number of para-hydroxylation sites is 1. The van der Waals surface area contributed by atoms with Gasteiger partial charge in [-0.3, -0.25) is 0 Å². The number of hydrogen-bond acceptors (Lipinski definition) is 4. The smallest absolute Gasteiger partial charge is 0.242 e. The average molecular weight is 299 g/mol. The largest absolute Gasteiger partial charge is 0.370 e. The van der Waals surface area contributed by atoms with Crippen LogP contribution in [0, 0.1) is 5.41 Å². The molecule has 0 atom stereocenters. The summed E-state index contributed by atoms with van der Waals surface area (Å²) in [6, 6.07) is 7.04. The van der Waals surface area contributed by atoms with E-state index in [4.69, 9.17) is 5.73 Å². The van der Waals surface area contributed by atoms with E-state index in [0.717, 1.165) is 6.54 Å². The highest BCUT2D eigenvalue weighted by Gasteiger charge is 2.24. The molecular formula is C14H25N3O2S. The maximum absolute atomic E-state index is 12.1. The van der Waals surface area contributed by atoms with Gasteiger partial charge in [0, 0.05) is 13.1 Å². The third kappa shape index (κ3) is 3.94. The first kappa shape index (κ1) is 16.9. The van der Waals surface area contributed by atoms with Gasteiger partial charge in [0.15, 0.2) is 0 Å².